The van der Waals surface area contributed by atoms with E-state index in [1.807, 2.05) is 0 Å². The zero-order valence-corrected chi connectivity index (χ0v) is 13.1. The molecule has 1 saturated heterocycles. The monoisotopic (exact) mass is 325 g/mol. The highest BCUT2D eigenvalue weighted by atomic mass is 35.5. The zero-order valence-electron chi connectivity index (χ0n) is 12.3. The molecule has 0 unspecified atom stereocenters. The third kappa shape index (κ3) is 5.00. The molecule has 1 fully saturated rings. The van der Waals surface area contributed by atoms with Crippen LogP contribution in [0.1, 0.15) is 42.5 Å². The molecule has 0 saturated carbocycles. The van der Waals surface area contributed by atoms with E-state index in [-0.39, 0.29) is 16.5 Å². The van der Waals surface area contributed by atoms with Crippen LogP contribution in [0, 0.1) is 5.92 Å². The van der Waals surface area contributed by atoms with Crippen molar-refractivity contribution in [2.24, 2.45) is 5.92 Å². The third-order valence-corrected chi connectivity index (χ3v) is 4.15. The smallest absolute Gasteiger partial charge is 0.337 e. The van der Waals surface area contributed by atoms with Crippen molar-refractivity contribution < 1.29 is 19.4 Å². The Labute approximate surface area is 134 Å². The lowest BCUT2D eigenvalue weighted by Gasteiger charge is -2.21. The molecule has 120 valence electrons. The Kier molecular flexibility index (Phi) is 6.21. The van der Waals surface area contributed by atoms with E-state index in [0.29, 0.717) is 18.0 Å². The van der Waals surface area contributed by atoms with Crippen molar-refractivity contribution >= 4 is 29.2 Å². The number of carboxylic acid groups (broad SMARTS) is 1. The van der Waals surface area contributed by atoms with E-state index in [0.717, 1.165) is 38.9 Å². The first-order chi connectivity index (χ1) is 10.6. The molecule has 1 aromatic rings. The first-order valence-corrected chi connectivity index (χ1v) is 7.84. The first kappa shape index (κ1) is 16.8. The van der Waals surface area contributed by atoms with Crippen molar-refractivity contribution in [1.29, 1.82) is 0 Å². The van der Waals surface area contributed by atoms with Crippen LogP contribution in [-0.2, 0) is 9.53 Å². The molecule has 1 aliphatic rings. The lowest BCUT2D eigenvalue weighted by Crippen LogP contribution is -2.17. The fraction of sp³-hybridized carbons (Fsp3) is 0.500. The number of benzene rings is 1. The summed E-state index contributed by atoms with van der Waals surface area (Å²) in [5, 5.41) is 11.8. The van der Waals surface area contributed by atoms with Crippen molar-refractivity contribution in [3.05, 3.63) is 28.8 Å². The van der Waals surface area contributed by atoms with Crippen LogP contribution in [0.15, 0.2) is 18.2 Å². The highest BCUT2D eigenvalue weighted by Gasteiger charge is 2.14. The van der Waals surface area contributed by atoms with Crippen LogP contribution >= 0.6 is 11.6 Å². The van der Waals surface area contributed by atoms with E-state index in [2.05, 4.69) is 5.32 Å². The first-order valence-electron chi connectivity index (χ1n) is 7.46. The molecule has 1 aromatic carbocycles. The molecule has 2 rings (SSSR count). The molecule has 2 N–H and O–H groups in total. The molecule has 1 amide bonds. The van der Waals surface area contributed by atoms with Crippen molar-refractivity contribution in [1.82, 2.24) is 0 Å². The Morgan fingerprint density at radius 3 is 2.68 bits per heavy atom. The maximum Gasteiger partial charge on any atom is 0.337 e. The fourth-order valence-corrected chi connectivity index (χ4v) is 2.84. The van der Waals surface area contributed by atoms with Crippen molar-refractivity contribution in [2.45, 2.75) is 32.1 Å². The molecular weight excluding hydrogens is 306 g/mol. The van der Waals surface area contributed by atoms with E-state index in [9.17, 15) is 9.59 Å². The van der Waals surface area contributed by atoms with Gasteiger partial charge < -0.3 is 15.2 Å². The minimum Gasteiger partial charge on any atom is -0.478 e. The van der Waals surface area contributed by atoms with Crippen molar-refractivity contribution in [2.75, 3.05) is 18.5 Å². The summed E-state index contributed by atoms with van der Waals surface area (Å²) in [6.45, 7) is 1.65. The van der Waals surface area contributed by atoms with Gasteiger partial charge in [-0.15, -0.1) is 0 Å². The Morgan fingerprint density at radius 2 is 2.05 bits per heavy atom. The molecule has 0 aromatic heterocycles. The Balaban J connectivity index is 1.76. The maximum absolute atomic E-state index is 11.9. The number of nitrogens with one attached hydrogen (secondary N) is 1. The summed E-state index contributed by atoms with van der Waals surface area (Å²) in [5.74, 6) is -0.503. The number of ether oxygens (including phenoxy) is 1. The quantitative estimate of drug-likeness (QED) is 0.838. The second-order valence-corrected chi connectivity index (χ2v) is 5.90. The summed E-state index contributed by atoms with van der Waals surface area (Å²) in [6.07, 6.45) is 4.49. The lowest BCUT2D eigenvalue weighted by atomic mass is 9.94. The summed E-state index contributed by atoms with van der Waals surface area (Å²) in [4.78, 5) is 22.8. The number of hydrogen-bond acceptors (Lipinski definition) is 3. The summed E-state index contributed by atoms with van der Waals surface area (Å²) in [5.41, 5.74) is 0.547. The number of amides is 1. The molecule has 1 heterocycles. The minimum absolute atomic E-state index is 0.0270. The number of aromatic carboxylic acids is 1. The number of rotatable bonds is 6. The van der Waals surface area contributed by atoms with Crippen molar-refractivity contribution in [3.8, 4) is 0 Å². The van der Waals surface area contributed by atoms with Gasteiger partial charge >= 0.3 is 5.97 Å². The van der Waals surface area contributed by atoms with Gasteiger partial charge in [-0.1, -0.05) is 11.6 Å². The number of carbonyl (C=O) groups excluding carboxylic acids is 1. The van der Waals surface area contributed by atoms with Crippen molar-refractivity contribution in [3.63, 3.8) is 0 Å². The van der Waals surface area contributed by atoms with Crippen LogP contribution in [0.25, 0.3) is 0 Å². The fourth-order valence-electron chi connectivity index (χ4n) is 2.58. The SMILES string of the molecule is O=C(CCCC1CCOCC1)Nc1ccc(C(=O)O)c(Cl)c1. The van der Waals surface area contributed by atoms with E-state index in [4.69, 9.17) is 21.4 Å². The topological polar surface area (TPSA) is 75.6 Å². The summed E-state index contributed by atoms with van der Waals surface area (Å²) in [7, 11) is 0. The van der Waals surface area contributed by atoms with Gasteiger partial charge in [-0.05, 0) is 49.8 Å². The zero-order chi connectivity index (χ0) is 15.9. The predicted molar refractivity (Wildman–Crippen MR) is 84.4 cm³/mol. The van der Waals surface area contributed by atoms with E-state index in [1.165, 1.54) is 12.1 Å². The molecule has 6 heteroatoms. The van der Waals surface area contributed by atoms with Crippen LogP contribution in [0.5, 0.6) is 0 Å². The standard InChI is InChI=1S/C16H20ClNO4/c17-14-10-12(4-5-13(14)16(20)21)18-15(19)3-1-2-11-6-8-22-9-7-11/h4-5,10-11H,1-3,6-9H2,(H,18,19)(H,20,21). The summed E-state index contributed by atoms with van der Waals surface area (Å²) >= 11 is 5.87. The number of halogens is 1. The number of anilines is 1. The highest BCUT2D eigenvalue weighted by Crippen LogP contribution is 2.23. The lowest BCUT2D eigenvalue weighted by molar-refractivity contribution is -0.116. The Morgan fingerprint density at radius 1 is 1.32 bits per heavy atom. The van der Waals surface area contributed by atoms with Gasteiger partial charge in [0.15, 0.2) is 0 Å². The Bertz CT molecular complexity index is 541. The van der Waals surface area contributed by atoms with E-state index < -0.39 is 5.97 Å². The van der Waals surface area contributed by atoms with Gasteiger partial charge in [0.1, 0.15) is 0 Å². The van der Waals surface area contributed by atoms with Gasteiger partial charge in [0.25, 0.3) is 0 Å². The molecule has 0 aliphatic carbocycles. The second kappa shape index (κ2) is 8.15. The minimum atomic E-state index is -1.08. The van der Waals surface area contributed by atoms with Gasteiger partial charge in [0, 0.05) is 25.3 Å². The molecule has 5 nitrogen and oxygen atoms in total. The predicted octanol–water partition coefficient (Wildman–Crippen LogP) is 3.57. The molecule has 0 radical (unpaired) electrons. The molecule has 22 heavy (non-hydrogen) atoms. The number of carboxylic acids is 1. The second-order valence-electron chi connectivity index (χ2n) is 5.50. The number of hydrogen-bond donors (Lipinski definition) is 2. The van der Waals surface area contributed by atoms with E-state index in [1.54, 1.807) is 6.07 Å². The molecule has 1 aliphatic heterocycles. The van der Waals surface area contributed by atoms with Gasteiger partial charge in [-0.25, -0.2) is 4.79 Å². The third-order valence-electron chi connectivity index (χ3n) is 3.84. The van der Waals surface area contributed by atoms with Crippen LogP contribution in [0.2, 0.25) is 5.02 Å². The van der Waals surface area contributed by atoms with E-state index >= 15 is 0 Å². The average molecular weight is 326 g/mol. The summed E-state index contributed by atoms with van der Waals surface area (Å²) < 4.78 is 5.31. The maximum atomic E-state index is 11.9. The molecular formula is C16H20ClNO4. The van der Waals surface area contributed by atoms with Crippen LogP contribution in [0.4, 0.5) is 5.69 Å². The van der Waals surface area contributed by atoms with Gasteiger partial charge in [0.2, 0.25) is 5.91 Å². The normalized spacial score (nSPS) is 15.5. The van der Waals surface area contributed by atoms with Gasteiger partial charge in [0.05, 0.1) is 10.6 Å². The largest absolute Gasteiger partial charge is 0.478 e. The average Bonchev–Trinajstić information content (AvgIpc) is 2.48. The molecule has 0 spiro atoms. The van der Waals surface area contributed by atoms with Crippen LogP contribution in [0.3, 0.4) is 0 Å². The highest BCUT2D eigenvalue weighted by molar-refractivity contribution is 6.33. The van der Waals surface area contributed by atoms with Gasteiger partial charge in [-0.3, -0.25) is 4.79 Å². The van der Waals surface area contributed by atoms with Gasteiger partial charge in [-0.2, -0.15) is 0 Å². The number of carbonyl (C=O) groups is 2. The van der Waals surface area contributed by atoms with Crippen LogP contribution in [-0.4, -0.2) is 30.2 Å². The Hall–Kier alpha value is -1.59. The molecule has 0 atom stereocenters. The molecule has 0 bridgehead atoms. The summed E-state index contributed by atoms with van der Waals surface area (Å²) in [6, 6.07) is 4.40. The van der Waals surface area contributed by atoms with Crippen LogP contribution < -0.4 is 5.32 Å².